The van der Waals surface area contributed by atoms with Gasteiger partial charge in [-0.2, -0.15) is 0 Å². The average molecular weight is 230 g/mol. The fraction of sp³-hybridized carbons (Fsp3) is 0.222. The van der Waals surface area contributed by atoms with E-state index in [0.29, 0.717) is 12.8 Å². The van der Waals surface area contributed by atoms with Crippen molar-refractivity contribution in [1.29, 1.82) is 5.41 Å². The number of benzene rings is 1. The van der Waals surface area contributed by atoms with Crippen LogP contribution in [0.1, 0.15) is 12.0 Å². The molecule has 82 valence electrons. The summed E-state index contributed by atoms with van der Waals surface area (Å²) >= 11 is 0. The van der Waals surface area contributed by atoms with E-state index in [4.69, 9.17) is 11.1 Å². The second-order valence-electron chi connectivity index (χ2n) is 2.95. The third-order valence-corrected chi connectivity index (χ3v) is 1.83. The van der Waals surface area contributed by atoms with Crippen LogP contribution in [-0.4, -0.2) is 10.8 Å². The van der Waals surface area contributed by atoms with Crippen LogP contribution in [0.5, 0.6) is 0 Å². The minimum atomic E-state index is -0.436. The molecule has 0 atom stereocenters. The maximum atomic E-state index is 10.3. The van der Waals surface area contributed by atoms with Gasteiger partial charge >= 0.3 is 0 Å². The van der Waals surface area contributed by atoms with Crippen molar-refractivity contribution in [2.75, 3.05) is 0 Å². The number of nitro benzene ring substituents is 1. The number of halogens is 1. The van der Waals surface area contributed by atoms with Crippen LogP contribution in [0.3, 0.4) is 0 Å². The van der Waals surface area contributed by atoms with Gasteiger partial charge in [0.15, 0.2) is 0 Å². The Balaban J connectivity index is 0.00000196. The van der Waals surface area contributed by atoms with Crippen molar-refractivity contribution in [1.82, 2.24) is 0 Å². The second kappa shape index (κ2) is 5.98. The molecule has 0 amide bonds. The third kappa shape index (κ3) is 4.42. The molecule has 1 aromatic carbocycles. The van der Waals surface area contributed by atoms with Crippen molar-refractivity contribution in [3.8, 4) is 0 Å². The summed E-state index contributed by atoms with van der Waals surface area (Å²) in [5.74, 6) is 0.128. The molecule has 0 saturated heterocycles. The Hall–Kier alpha value is -1.62. The average Bonchev–Trinajstić information content (AvgIpc) is 2.15. The molecule has 0 aliphatic rings. The fourth-order valence-corrected chi connectivity index (χ4v) is 1.06. The maximum Gasteiger partial charge on any atom is 0.269 e. The van der Waals surface area contributed by atoms with E-state index in [2.05, 4.69) is 0 Å². The summed E-state index contributed by atoms with van der Waals surface area (Å²) in [6.07, 6.45) is 1.13. The Kier molecular flexibility index (Phi) is 5.33. The zero-order valence-corrected chi connectivity index (χ0v) is 8.79. The van der Waals surface area contributed by atoms with Crippen LogP contribution >= 0.6 is 12.4 Å². The zero-order valence-electron chi connectivity index (χ0n) is 7.97. The van der Waals surface area contributed by atoms with Gasteiger partial charge in [-0.15, -0.1) is 12.4 Å². The fourth-order valence-electron chi connectivity index (χ4n) is 1.06. The van der Waals surface area contributed by atoms with Gasteiger partial charge < -0.3 is 5.73 Å². The van der Waals surface area contributed by atoms with Gasteiger partial charge in [-0.05, 0) is 12.0 Å². The summed E-state index contributed by atoms with van der Waals surface area (Å²) in [6.45, 7) is 0. The van der Waals surface area contributed by atoms with E-state index >= 15 is 0 Å². The molecular weight excluding hydrogens is 218 g/mol. The van der Waals surface area contributed by atoms with E-state index in [9.17, 15) is 10.1 Å². The summed E-state index contributed by atoms with van der Waals surface area (Å²) < 4.78 is 0. The zero-order chi connectivity index (χ0) is 10.6. The number of amidine groups is 1. The minimum absolute atomic E-state index is 0. The second-order valence-corrected chi connectivity index (χ2v) is 2.95. The van der Waals surface area contributed by atoms with E-state index in [1.54, 1.807) is 12.1 Å². The third-order valence-electron chi connectivity index (χ3n) is 1.83. The first-order valence-corrected chi connectivity index (χ1v) is 4.16. The van der Waals surface area contributed by atoms with E-state index in [-0.39, 0.29) is 23.9 Å². The molecule has 0 saturated carbocycles. The van der Waals surface area contributed by atoms with Crippen LogP contribution < -0.4 is 5.73 Å². The molecule has 6 heteroatoms. The van der Waals surface area contributed by atoms with Gasteiger partial charge in [0.25, 0.3) is 5.69 Å². The number of nitrogens with zero attached hydrogens (tertiary/aromatic N) is 1. The lowest BCUT2D eigenvalue weighted by Crippen LogP contribution is -2.10. The predicted octanol–water partition coefficient (Wildman–Crippen LogP) is 1.89. The van der Waals surface area contributed by atoms with Crippen molar-refractivity contribution in [3.05, 3.63) is 39.9 Å². The number of hydrogen-bond acceptors (Lipinski definition) is 3. The van der Waals surface area contributed by atoms with E-state index in [0.717, 1.165) is 5.56 Å². The van der Waals surface area contributed by atoms with Crippen LogP contribution in [0.25, 0.3) is 0 Å². The van der Waals surface area contributed by atoms with E-state index < -0.39 is 4.92 Å². The minimum Gasteiger partial charge on any atom is -0.388 e. The van der Waals surface area contributed by atoms with Gasteiger partial charge in [0.1, 0.15) is 0 Å². The number of nitrogens with two attached hydrogens (primary N) is 1. The molecule has 0 aromatic heterocycles. The van der Waals surface area contributed by atoms with Crippen molar-refractivity contribution in [2.24, 2.45) is 5.73 Å². The van der Waals surface area contributed by atoms with Crippen LogP contribution in [0.2, 0.25) is 0 Å². The standard InChI is InChI=1S/C9H11N3O2.ClH/c10-9(11)6-3-7-1-4-8(5-2-7)12(13)14;/h1-2,4-5H,3,6H2,(H3,10,11);1H. The Labute approximate surface area is 93.4 Å². The van der Waals surface area contributed by atoms with Gasteiger partial charge in [0.2, 0.25) is 0 Å². The number of aryl methyl sites for hydroxylation is 1. The Bertz CT molecular complexity index is 351. The van der Waals surface area contributed by atoms with Gasteiger partial charge in [-0.3, -0.25) is 15.5 Å². The maximum absolute atomic E-state index is 10.3. The Morgan fingerprint density at radius 3 is 2.33 bits per heavy atom. The SMILES string of the molecule is Cl.N=C(N)CCc1ccc([N+](=O)[O-])cc1. The quantitative estimate of drug-likeness (QED) is 0.357. The van der Waals surface area contributed by atoms with Crippen molar-refractivity contribution < 1.29 is 4.92 Å². The first kappa shape index (κ1) is 13.4. The van der Waals surface area contributed by atoms with Crippen LogP contribution in [0.4, 0.5) is 5.69 Å². The molecule has 0 aliphatic carbocycles. The lowest BCUT2D eigenvalue weighted by molar-refractivity contribution is -0.384. The topological polar surface area (TPSA) is 93.0 Å². The molecule has 0 spiro atoms. The molecule has 0 aliphatic heterocycles. The predicted molar refractivity (Wildman–Crippen MR) is 60.6 cm³/mol. The Morgan fingerprint density at radius 2 is 1.93 bits per heavy atom. The van der Waals surface area contributed by atoms with Crippen molar-refractivity contribution in [2.45, 2.75) is 12.8 Å². The molecule has 0 fully saturated rings. The van der Waals surface area contributed by atoms with E-state index in [1.807, 2.05) is 0 Å². The highest BCUT2D eigenvalue weighted by atomic mass is 35.5. The summed E-state index contributed by atoms with van der Waals surface area (Å²) in [6, 6.07) is 6.27. The van der Waals surface area contributed by atoms with Crippen LogP contribution in [0.15, 0.2) is 24.3 Å². The number of hydrogen-bond donors (Lipinski definition) is 2. The summed E-state index contributed by atoms with van der Waals surface area (Å²) in [5, 5.41) is 17.4. The summed E-state index contributed by atoms with van der Waals surface area (Å²) in [7, 11) is 0. The summed E-state index contributed by atoms with van der Waals surface area (Å²) in [5.41, 5.74) is 6.22. The smallest absolute Gasteiger partial charge is 0.269 e. The monoisotopic (exact) mass is 229 g/mol. The normalized spacial score (nSPS) is 9.07. The molecule has 0 heterocycles. The largest absolute Gasteiger partial charge is 0.388 e. The van der Waals surface area contributed by atoms with Gasteiger partial charge in [-0.1, -0.05) is 12.1 Å². The molecule has 0 radical (unpaired) electrons. The number of rotatable bonds is 4. The number of non-ortho nitro benzene ring substituents is 1. The van der Waals surface area contributed by atoms with E-state index in [1.165, 1.54) is 12.1 Å². The summed E-state index contributed by atoms with van der Waals surface area (Å²) in [4.78, 5) is 9.89. The molecule has 0 unspecified atom stereocenters. The highest BCUT2D eigenvalue weighted by Gasteiger charge is 2.03. The lowest BCUT2D eigenvalue weighted by atomic mass is 10.1. The van der Waals surface area contributed by atoms with Gasteiger partial charge in [-0.25, -0.2) is 0 Å². The van der Waals surface area contributed by atoms with Crippen LogP contribution in [0, 0.1) is 15.5 Å². The van der Waals surface area contributed by atoms with Crippen molar-refractivity contribution >= 4 is 23.9 Å². The molecule has 1 rings (SSSR count). The van der Waals surface area contributed by atoms with Crippen molar-refractivity contribution in [3.63, 3.8) is 0 Å². The molecule has 3 N–H and O–H groups in total. The number of nitrogens with one attached hydrogen (secondary N) is 1. The Morgan fingerprint density at radius 1 is 1.40 bits per heavy atom. The lowest BCUT2D eigenvalue weighted by Gasteiger charge is -1.99. The molecule has 15 heavy (non-hydrogen) atoms. The van der Waals surface area contributed by atoms with Gasteiger partial charge in [0.05, 0.1) is 10.8 Å². The molecular formula is C9H12ClN3O2. The first-order chi connectivity index (χ1) is 6.59. The molecule has 0 bridgehead atoms. The number of nitro groups is 1. The highest BCUT2D eigenvalue weighted by molar-refractivity contribution is 5.85. The highest BCUT2D eigenvalue weighted by Crippen LogP contribution is 2.12. The van der Waals surface area contributed by atoms with Crippen LogP contribution in [-0.2, 0) is 6.42 Å². The first-order valence-electron chi connectivity index (χ1n) is 4.16. The molecule has 5 nitrogen and oxygen atoms in total. The van der Waals surface area contributed by atoms with Gasteiger partial charge in [0, 0.05) is 18.6 Å². The molecule has 1 aromatic rings.